The van der Waals surface area contributed by atoms with E-state index in [9.17, 15) is 9.18 Å². The number of benzene rings is 2. The van der Waals surface area contributed by atoms with Crippen LogP contribution in [0.4, 0.5) is 4.39 Å². The van der Waals surface area contributed by atoms with E-state index in [1.54, 1.807) is 19.2 Å². The smallest absolute Gasteiger partial charge is 0.277 e. The standard InChI is InChI=1S/C20H19FN4O2/c1-27-16-4-2-3-13(11-16)12-17-18(14-5-7-15(21)8-6-14)24-25(19(17)26)20-22-9-10-23-20/h2-8,11,24H,9-10,12H2,1H3,(H,22,23). The molecule has 2 N–H and O–H groups in total. The van der Waals surface area contributed by atoms with Crippen LogP contribution in [-0.2, 0) is 6.42 Å². The summed E-state index contributed by atoms with van der Waals surface area (Å²) in [6.45, 7) is 1.32. The molecule has 0 fully saturated rings. The maximum absolute atomic E-state index is 13.3. The summed E-state index contributed by atoms with van der Waals surface area (Å²) in [6.07, 6.45) is 0.416. The average Bonchev–Trinajstić information content (AvgIpc) is 3.32. The largest absolute Gasteiger partial charge is 0.497 e. The van der Waals surface area contributed by atoms with Crippen molar-refractivity contribution >= 4 is 5.96 Å². The van der Waals surface area contributed by atoms with Gasteiger partial charge in [0.2, 0.25) is 5.96 Å². The van der Waals surface area contributed by atoms with Crippen LogP contribution in [0, 0.1) is 5.82 Å². The fourth-order valence-corrected chi connectivity index (χ4v) is 3.16. The van der Waals surface area contributed by atoms with Crippen LogP contribution >= 0.6 is 0 Å². The maximum atomic E-state index is 13.3. The zero-order valence-electron chi connectivity index (χ0n) is 14.8. The van der Waals surface area contributed by atoms with Gasteiger partial charge in [-0.1, -0.05) is 12.1 Å². The van der Waals surface area contributed by atoms with E-state index in [1.165, 1.54) is 16.8 Å². The minimum atomic E-state index is -0.322. The number of ether oxygens (including phenoxy) is 1. The lowest BCUT2D eigenvalue weighted by molar-refractivity contribution is 0.414. The molecule has 1 aromatic heterocycles. The Morgan fingerprint density at radius 2 is 2.04 bits per heavy atom. The first-order chi connectivity index (χ1) is 13.2. The van der Waals surface area contributed by atoms with Gasteiger partial charge in [-0.05, 0) is 42.0 Å². The first-order valence-corrected chi connectivity index (χ1v) is 8.67. The van der Waals surface area contributed by atoms with E-state index in [-0.39, 0.29) is 11.4 Å². The van der Waals surface area contributed by atoms with E-state index in [2.05, 4.69) is 15.4 Å². The van der Waals surface area contributed by atoms with Crippen LogP contribution < -0.4 is 15.6 Å². The Morgan fingerprint density at radius 3 is 2.74 bits per heavy atom. The van der Waals surface area contributed by atoms with E-state index in [1.807, 2.05) is 24.3 Å². The summed E-state index contributed by atoms with van der Waals surface area (Å²) >= 11 is 0. The van der Waals surface area contributed by atoms with Gasteiger partial charge in [-0.15, -0.1) is 0 Å². The van der Waals surface area contributed by atoms with Crippen molar-refractivity contribution in [2.24, 2.45) is 4.99 Å². The quantitative estimate of drug-likeness (QED) is 0.745. The number of nitrogens with one attached hydrogen (secondary N) is 2. The molecular formula is C20H19FN4O2. The molecule has 1 aliphatic heterocycles. The third-order valence-electron chi connectivity index (χ3n) is 4.50. The highest BCUT2D eigenvalue weighted by Crippen LogP contribution is 2.23. The summed E-state index contributed by atoms with van der Waals surface area (Å²) in [5.74, 6) is 0.908. The predicted octanol–water partition coefficient (Wildman–Crippen LogP) is 2.39. The molecule has 0 radical (unpaired) electrons. The number of hydrogen-bond donors (Lipinski definition) is 2. The van der Waals surface area contributed by atoms with Crippen molar-refractivity contribution in [2.45, 2.75) is 6.42 Å². The summed E-state index contributed by atoms with van der Waals surface area (Å²) in [4.78, 5) is 17.4. The highest BCUT2D eigenvalue weighted by molar-refractivity contribution is 5.83. The molecule has 0 unspecified atom stereocenters. The van der Waals surface area contributed by atoms with Gasteiger partial charge in [0, 0.05) is 24.1 Å². The number of nitrogens with zero attached hydrogens (tertiary/aromatic N) is 2. The Balaban J connectivity index is 1.82. The molecule has 6 nitrogen and oxygen atoms in total. The number of aliphatic imine (C=N–C) groups is 1. The van der Waals surface area contributed by atoms with E-state index in [0.717, 1.165) is 16.9 Å². The van der Waals surface area contributed by atoms with Gasteiger partial charge in [-0.3, -0.25) is 9.89 Å². The van der Waals surface area contributed by atoms with Gasteiger partial charge < -0.3 is 10.1 Å². The molecule has 0 bridgehead atoms. The molecule has 27 heavy (non-hydrogen) atoms. The molecular weight excluding hydrogens is 347 g/mol. The fourth-order valence-electron chi connectivity index (χ4n) is 3.16. The monoisotopic (exact) mass is 366 g/mol. The van der Waals surface area contributed by atoms with Gasteiger partial charge in [0.15, 0.2) is 0 Å². The summed E-state index contributed by atoms with van der Waals surface area (Å²) in [5.41, 5.74) is 2.75. The number of rotatable bonds is 4. The number of aromatic nitrogens is 2. The molecule has 0 saturated carbocycles. The molecule has 0 amide bonds. The van der Waals surface area contributed by atoms with E-state index < -0.39 is 0 Å². The second-order valence-electron chi connectivity index (χ2n) is 6.27. The van der Waals surface area contributed by atoms with Gasteiger partial charge in [-0.2, -0.15) is 4.68 Å². The van der Waals surface area contributed by atoms with E-state index >= 15 is 0 Å². The summed E-state index contributed by atoms with van der Waals surface area (Å²) in [6, 6.07) is 13.7. The number of H-pyrrole nitrogens is 1. The number of aromatic amines is 1. The summed E-state index contributed by atoms with van der Waals surface area (Å²) in [7, 11) is 1.61. The molecule has 1 aliphatic rings. The fraction of sp³-hybridized carbons (Fsp3) is 0.200. The van der Waals surface area contributed by atoms with Crippen molar-refractivity contribution in [3.8, 4) is 17.0 Å². The predicted molar refractivity (Wildman–Crippen MR) is 102 cm³/mol. The topological polar surface area (TPSA) is 71.4 Å². The van der Waals surface area contributed by atoms with Crippen LogP contribution in [-0.4, -0.2) is 35.9 Å². The number of methoxy groups -OCH3 is 1. The molecule has 2 aromatic carbocycles. The van der Waals surface area contributed by atoms with E-state index in [4.69, 9.17) is 4.74 Å². The molecule has 7 heteroatoms. The van der Waals surface area contributed by atoms with Crippen molar-refractivity contribution in [1.29, 1.82) is 0 Å². The molecule has 2 heterocycles. The molecule has 0 saturated heterocycles. The van der Waals surface area contributed by atoms with Crippen molar-refractivity contribution < 1.29 is 9.13 Å². The SMILES string of the molecule is COc1cccc(Cc2c(-c3ccc(F)cc3)[nH]n(C3=NCCN3)c2=O)c1. The van der Waals surface area contributed by atoms with Crippen molar-refractivity contribution in [3.05, 3.63) is 75.8 Å². The molecule has 0 spiro atoms. The average molecular weight is 366 g/mol. The first kappa shape index (κ1) is 17.1. The summed E-state index contributed by atoms with van der Waals surface area (Å²) < 4.78 is 20.0. The molecule has 3 aromatic rings. The summed E-state index contributed by atoms with van der Waals surface area (Å²) in [5, 5.41) is 6.23. The van der Waals surface area contributed by atoms with Gasteiger partial charge in [-0.25, -0.2) is 9.38 Å². The van der Waals surface area contributed by atoms with Crippen LogP contribution in [0.5, 0.6) is 5.75 Å². The Morgan fingerprint density at radius 1 is 1.22 bits per heavy atom. The van der Waals surface area contributed by atoms with E-state index in [0.29, 0.717) is 36.7 Å². The van der Waals surface area contributed by atoms with Crippen LogP contribution in [0.25, 0.3) is 11.3 Å². The molecule has 4 rings (SSSR count). The Hall–Kier alpha value is -3.35. The minimum absolute atomic E-state index is 0.176. The lowest BCUT2D eigenvalue weighted by Crippen LogP contribution is -2.34. The molecule has 0 aliphatic carbocycles. The number of halogens is 1. The molecule has 138 valence electrons. The normalized spacial score (nSPS) is 13.3. The van der Waals surface area contributed by atoms with Gasteiger partial charge in [0.05, 0.1) is 19.3 Å². The zero-order valence-corrected chi connectivity index (χ0v) is 14.8. The van der Waals surface area contributed by atoms with Crippen LogP contribution in [0.3, 0.4) is 0 Å². The van der Waals surface area contributed by atoms with Crippen molar-refractivity contribution in [3.63, 3.8) is 0 Å². The Bertz CT molecular complexity index is 1050. The Labute approximate surface area is 155 Å². The lowest BCUT2D eigenvalue weighted by atomic mass is 10.0. The van der Waals surface area contributed by atoms with Crippen LogP contribution in [0.15, 0.2) is 58.3 Å². The van der Waals surface area contributed by atoms with Gasteiger partial charge >= 0.3 is 0 Å². The minimum Gasteiger partial charge on any atom is -0.497 e. The second kappa shape index (κ2) is 7.11. The van der Waals surface area contributed by atoms with Crippen LogP contribution in [0.2, 0.25) is 0 Å². The third kappa shape index (κ3) is 3.36. The molecule has 0 atom stereocenters. The first-order valence-electron chi connectivity index (χ1n) is 8.67. The van der Waals surface area contributed by atoms with Crippen molar-refractivity contribution in [1.82, 2.24) is 15.1 Å². The Kier molecular flexibility index (Phi) is 4.50. The van der Waals surface area contributed by atoms with Gasteiger partial charge in [0.1, 0.15) is 11.6 Å². The third-order valence-corrected chi connectivity index (χ3v) is 4.50. The highest BCUT2D eigenvalue weighted by Gasteiger charge is 2.20. The van der Waals surface area contributed by atoms with Crippen molar-refractivity contribution in [2.75, 3.05) is 20.2 Å². The maximum Gasteiger partial charge on any atom is 0.277 e. The number of hydrogen-bond acceptors (Lipinski definition) is 4. The lowest BCUT2D eigenvalue weighted by Gasteiger charge is -2.05. The highest BCUT2D eigenvalue weighted by atomic mass is 19.1. The zero-order chi connectivity index (χ0) is 18.8. The van der Waals surface area contributed by atoms with Crippen LogP contribution in [0.1, 0.15) is 11.1 Å². The van der Waals surface area contributed by atoms with Gasteiger partial charge in [0.25, 0.3) is 5.56 Å². The second-order valence-corrected chi connectivity index (χ2v) is 6.27.